The highest BCUT2D eigenvalue weighted by atomic mass is 31.2. The molecule has 5 heteroatoms. The van der Waals surface area contributed by atoms with Crippen molar-refractivity contribution >= 4 is 7.52 Å². The van der Waals surface area contributed by atoms with E-state index in [9.17, 15) is 4.57 Å². The standard InChI is InChI=1S/C14H31N2O2P.CH4/c1-13(2,3)12-18-19(17,14(4,5)6)16-10-8-15(7)9-11-16;/h8-12H2,1-7H3;1H4. The molecule has 1 aliphatic heterocycles. The highest BCUT2D eigenvalue weighted by Crippen LogP contribution is 2.62. The van der Waals surface area contributed by atoms with Crippen LogP contribution in [0, 0.1) is 5.41 Å². The fourth-order valence-corrected chi connectivity index (χ4v) is 4.71. The van der Waals surface area contributed by atoms with E-state index in [0.717, 1.165) is 26.2 Å². The molecule has 0 aliphatic carbocycles. The molecular weight excluding hydrogens is 271 g/mol. The van der Waals surface area contributed by atoms with Crippen LogP contribution in [0.25, 0.3) is 0 Å². The van der Waals surface area contributed by atoms with Crippen molar-refractivity contribution in [3.63, 3.8) is 0 Å². The van der Waals surface area contributed by atoms with Crippen molar-refractivity contribution < 1.29 is 9.09 Å². The third-order valence-corrected chi connectivity index (χ3v) is 6.69. The summed E-state index contributed by atoms with van der Waals surface area (Å²) in [6.07, 6.45) is 0. The molecule has 0 amide bonds. The lowest BCUT2D eigenvalue weighted by Gasteiger charge is -2.43. The van der Waals surface area contributed by atoms with E-state index in [4.69, 9.17) is 4.52 Å². The molecule has 0 radical (unpaired) electrons. The number of likely N-dealkylation sites (N-methyl/N-ethyl adjacent to an activating group) is 1. The Bertz CT molecular complexity index is 337. The maximum absolute atomic E-state index is 13.4. The molecule has 1 fully saturated rings. The Morgan fingerprint density at radius 2 is 1.45 bits per heavy atom. The normalized spacial score (nSPS) is 22.1. The van der Waals surface area contributed by atoms with Gasteiger partial charge in [0.05, 0.1) is 11.8 Å². The van der Waals surface area contributed by atoms with Crippen molar-refractivity contribution in [1.82, 2.24) is 9.57 Å². The van der Waals surface area contributed by atoms with Crippen LogP contribution < -0.4 is 0 Å². The van der Waals surface area contributed by atoms with Crippen LogP contribution in [-0.2, 0) is 9.09 Å². The predicted molar refractivity (Wildman–Crippen MR) is 88.6 cm³/mol. The highest BCUT2D eigenvalue weighted by molar-refractivity contribution is 7.58. The summed E-state index contributed by atoms with van der Waals surface area (Å²) < 4.78 is 21.5. The van der Waals surface area contributed by atoms with Gasteiger partial charge in [-0.3, -0.25) is 4.57 Å². The third-order valence-electron chi connectivity index (χ3n) is 3.37. The van der Waals surface area contributed by atoms with E-state index in [1.807, 2.05) is 20.8 Å². The molecule has 20 heavy (non-hydrogen) atoms. The van der Waals surface area contributed by atoms with Gasteiger partial charge in [-0.1, -0.05) is 28.2 Å². The minimum absolute atomic E-state index is 0. The van der Waals surface area contributed by atoms with Crippen molar-refractivity contribution in [2.75, 3.05) is 39.8 Å². The van der Waals surface area contributed by atoms with E-state index in [0.29, 0.717) is 6.61 Å². The second-order valence-electron chi connectivity index (χ2n) is 7.78. The average Bonchev–Trinajstić information content (AvgIpc) is 2.24. The molecule has 1 heterocycles. The van der Waals surface area contributed by atoms with Crippen LogP contribution in [-0.4, -0.2) is 54.6 Å². The third kappa shape index (κ3) is 5.14. The van der Waals surface area contributed by atoms with Gasteiger partial charge in [-0.15, -0.1) is 0 Å². The highest BCUT2D eigenvalue weighted by Gasteiger charge is 2.44. The van der Waals surface area contributed by atoms with E-state index in [2.05, 4.69) is 37.4 Å². The molecule has 4 nitrogen and oxygen atoms in total. The summed E-state index contributed by atoms with van der Waals surface area (Å²) in [4.78, 5) is 2.27. The molecule has 1 aliphatic rings. The first kappa shape index (κ1) is 20.1. The zero-order chi connectivity index (χ0) is 14.9. The lowest BCUT2D eigenvalue weighted by atomic mass is 9.99. The topological polar surface area (TPSA) is 32.8 Å². The second kappa shape index (κ2) is 6.91. The van der Waals surface area contributed by atoms with Crippen molar-refractivity contribution in [3.05, 3.63) is 0 Å². The van der Waals surface area contributed by atoms with E-state index in [1.54, 1.807) is 0 Å². The Labute approximate surface area is 126 Å². The molecule has 0 N–H and O–H groups in total. The van der Waals surface area contributed by atoms with Gasteiger partial charge in [0.1, 0.15) is 0 Å². The predicted octanol–water partition coefficient (Wildman–Crippen LogP) is 3.92. The Balaban J connectivity index is 0.00000361. The van der Waals surface area contributed by atoms with Gasteiger partial charge in [0.2, 0.25) is 0 Å². The Kier molecular flexibility index (Phi) is 6.95. The lowest BCUT2D eigenvalue weighted by Crippen LogP contribution is -2.45. The van der Waals surface area contributed by atoms with Crippen LogP contribution in [0.3, 0.4) is 0 Å². The Morgan fingerprint density at radius 3 is 1.80 bits per heavy atom. The molecule has 0 aromatic rings. The summed E-state index contributed by atoms with van der Waals surface area (Å²) in [6.45, 7) is 16.5. The van der Waals surface area contributed by atoms with Gasteiger partial charge in [0.15, 0.2) is 0 Å². The first-order valence-electron chi connectivity index (χ1n) is 7.14. The van der Waals surface area contributed by atoms with Crippen LogP contribution in [0.15, 0.2) is 0 Å². The number of hydrogen-bond acceptors (Lipinski definition) is 3. The smallest absolute Gasteiger partial charge is 0.277 e. The molecule has 1 saturated heterocycles. The maximum Gasteiger partial charge on any atom is 0.277 e. The average molecular weight is 306 g/mol. The molecule has 1 unspecified atom stereocenters. The number of nitrogens with zero attached hydrogens (tertiary/aromatic N) is 2. The zero-order valence-corrected chi connectivity index (χ0v) is 14.6. The zero-order valence-electron chi connectivity index (χ0n) is 13.7. The van der Waals surface area contributed by atoms with Gasteiger partial charge in [0.25, 0.3) is 7.52 Å². The van der Waals surface area contributed by atoms with Crippen LogP contribution in [0.4, 0.5) is 0 Å². The Morgan fingerprint density at radius 1 is 1.00 bits per heavy atom. The van der Waals surface area contributed by atoms with Gasteiger partial charge >= 0.3 is 0 Å². The Hall–Kier alpha value is 0.110. The van der Waals surface area contributed by atoms with Crippen LogP contribution in [0.1, 0.15) is 49.0 Å². The van der Waals surface area contributed by atoms with Gasteiger partial charge in [-0.25, -0.2) is 4.67 Å². The van der Waals surface area contributed by atoms with Gasteiger partial charge in [-0.2, -0.15) is 0 Å². The lowest BCUT2D eigenvalue weighted by molar-refractivity contribution is 0.147. The molecule has 0 aromatic carbocycles. The van der Waals surface area contributed by atoms with Gasteiger partial charge in [0, 0.05) is 26.2 Å². The largest absolute Gasteiger partial charge is 0.316 e. The first-order chi connectivity index (χ1) is 8.46. The van der Waals surface area contributed by atoms with Gasteiger partial charge < -0.3 is 9.42 Å². The van der Waals surface area contributed by atoms with E-state index in [-0.39, 0.29) is 18.0 Å². The first-order valence-corrected chi connectivity index (χ1v) is 8.72. The fourth-order valence-electron chi connectivity index (χ4n) is 2.04. The summed E-state index contributed by atoms with van der Waals surface area (Å²) in [7, 11) is -0.688. The van der Waals surface area contributed by atoms with Gasteiger partial charge in [-0.05, 0) is 33.2 Å². The molecule has 0 aromatic heterocycles. The summed E-state index contributed by atoms with van der Waals surface area (Å²) in [5.74, 6) is 0. The molecule has 1 rings (SSSR count). The number of piperazine rings is 1. The van der Waals surface area contributed by atoms with Crippen LogP contribution >= 0.6 is 7.52 Å². The fraction of sp³-hybridized carbons (Fsp3) is 1.00. The molecular formula is C15H35N2O2P. The van der Waals surface area contributed by atoms with Crippen LogP contribution in [0.2, 0.25) is 0 Å². The van der Waals surface area contributed by atoms with Crippen molar-refractivity contribution in [3.8, 4) is 0 Å². The molecule has 0 bridgehead atoms. The second-order valence-corrected chi connectivity index (χ2v) is 11.0. The summed E-state index contributed by atoms with van der Waals surface area (Å²) in [5, 5.41) is -0.339. The molecule has 122 valence electrons. The summed E-state index contributed by atoms with van der Waals surface area (Å²) >= 11 is 0. The SMILES string of the molecule is C.CN1CCN(P(=O)(OCC(C)(C)C)C(C)(C)C)CC1. The van der Waals surface area contributed by atoms with Crippen molar-refractivity contribution in [1.29, 1.82) is 0 Å². The maximum atomic E-state index is 13.4. The minimum Gasteiger partial charge on any atom is -0.316 e. The number of hydrogen-bond donors (Lipinski definition) is 0. The monoisotopic (exact) mass is 306 g/mol. The number of rotatable bonds is 3. The van der Waals surface area contributed by atoms with E-state index < -0.39 is 7.52 Å². The van der Waals surface area contributed by atoms with Crippen molar-refractivity contribution in [2.24, 2.45) is 5.41 Å². The summed E-state index contributed by atoms with van der Waals surface area (Å²) in [5.41, 5.74) is 0.0352. The van der Waals surface area contributed by atoms with E-state index in [1.165, 1.54) is 0 Å². The molecule has 1 atom stereocenters. The molecule has 0 spiro atoms. The molecule has 0 saturated carbocycles. The van der Waals surface area contributed by atoms with E-state index >= 15 is 0 Å². The van der Waals surface area contributed by atoms with Crippen molar-refractivity contribution in [2.45, 2.75) is 54.1 Å². The van der Waals surface area contributed by atoms with Crippen LogP contribution in [0.5, 0.6) is 0 Å². The minimum atomic E-state index is -2.79. The quantitative estimate of drug-likeness (QED) is 0.740. The summed E-state index contributed by atoms with van der Waals surface area (Å²) in [6, 6.07) is 0.